The first-order valence-electron chi connectivity index (χ1n) is 11.7. The van der Waals surface area contributed by atoms with Gasteiger partial charge in [-0.3, -0.25) is 4.79 Å². The van der Waals surface area contributed by atoms with Gasteiger partial charge in [-0.25, -0.2) is 4.98 Å². The summed E-state index contributed by atoms with van der Waals surface area (Å²) in [4.78, 5) is 17.7. The summed E-state index contributed by atoms with van der Waals surface area (Å²) in [6, 6.07) is 17.8. The molecule has 0 atom stereocenters. The molecular formula is C28H30N2O4S. The van der Waals surface area contributed by atoms with Crippen LogP contribution >= 0.6 is 11.3 Å². The van der Waals surface area contributed by atoms with Crippen LogP contribution in [0.4, 0.5) is 0 Å². The van der Waals surface area contributed by atoms with E-state index in [9.17, 15) is 9.90 Å². The van der Waals surface area contributed by atoms with E-state index in [0.29, 0.717) is 0 Å². The molecule has 0 bridgehead atoms. The largest absolute Gasteiger partial charge is 0.497 e. The van der Waals surface area contributed by atoms with Gasteiger partial charge in [-0.1, -0.05) is 19.8 Å². The molecule has 6 nitrogen and oxygen atoms in total. The molecule has 7 heteroatoms. The van der Waals surface area contributed by atoms with Crippen molar-refractivity contribution < 1.29 is 19.4 Å². The molecule has 2 aromatic carbocycles. The average Bonchev–Trinajstić information content (AvgIpc) is 3.48. The molecule has 35 heavy (non-hydrogen) atoms. The van der Waals surface area contributed by atoms with Crippen molar-refractivity contribution in [3.8, 4) is 43.9 Å². The number of aliphatic carboxylic acids is 1. The number of thiazole rings is 1. The Hall–Kier alpha value is -3.58. The van der Waals surface area contributed by atoms with E-state index >= 15 is 0 Å². The van der Waals surface area contributed by atoms with Crippen LogP contribution in [0, 0.1) is 0 Å². The zero-order valence-corrected chi connectivity index (χ0v) is 21.1. The number of rotatable bonds is 11. The summed E-state index contributed by atoms with van der Waals surface area (Å²) in [7, 11) is 3.30. The molecule has 4 rings (SSSR count). The Bertz CT molecular complexity index is 1210. The van der Waals surface area contributed by atoms with E-state index in [-0.39, 0.29) is 6.54 Å². The predicted molar refractivity (Wildman–Crippen MR) is 140 cm³/mol. The van der Waals surface area contributed by atoms with Gasteiger partial charge in [0.25, 0.3) is 0 Å². The minimum atomic E-state index is -0.871. The average molecular weight is 491 g/mol. The van der Waals surface area contributed by atoms with Crippen molar-refractivity contribution in [2.24, 2.45) is 0 Å². The van der Waals surface area contributed by atoms with Crippen molar-refractivity contribution in [3.05, 3.63) is 66.4 Å². The van der Waals surface area contributed by atoms with Crippen LogP contribution in [0.25, 0.3) is 32.4 Å². The number of aromatic nitrogens is 2. The second-order valence-corrected chi connectivity index (χ2v) is 9.32. The summed E-state index contributed by atoms with van der Waals surface area (Å²) >= 11 is 1.59. The summed E-state index contributed by atoms with van der Waals surface area (Å²) in [5.41, 5.74) is 4.90. The van der Waals surface area contributed by atoms with E-state index in [4.69, 9.17) is 14.5 Å². The fraction of sp³-hybridized carbons (Fsp3) is 0.286. The third-order valence-corrected chi connectivity index (χ3v) is 7.06. The smallest absolute Gasteiger partial charge is 0.323 e. The lowest BCUT2D eigenvalue weighted by atomic mass is 10.1. The fourth-order valence-corrected chi connectivity index (χ4v) is 5.32. The van der Waals surface area contributed by atoms with Gasteiger partial charge in [0.2, 0.25) is 0 Å². The van der Waals surface area contributed by atoms with Crippen molar-refractivity contribution in [2.75, 3.05) is 14.2 Å². The lowest BCUT2D eigenvalue weighted by molar-refractivity contribution is -0.137. The number of carboxylic acid groups (broad SMARTS) is 1. The number of hydrogen-bond donors (Lipinski definition) is 1. The van der Waals surface area contributed by atoms with Crippen LogP contribution < -0.4 is 9.47 Å². The summed E-state index contributed by atoms with van der Waals surface area (Å²) < 4.78 is 12.5. The Balaban J connectivity index is 1.85. The van der Waals surface area contributed by atoms with Gasteiger partial charge in [0.1, 0.15) is 23.1 Å². The number of unbranched alkanes of at least 4 members (excludes halogenated alkanes) is 2. The quantitative estimate of drug-likeness (QED) is 0.235. The Morgan fingerprint density at radius 2 is 1.57 bits per heavy atom. The van der Waals surface area contributed by atoms with E-state index < -0.39 is 5.97 Å². The maximum atomic E-state index is 11.6. The molecular weight excluding hydrogens is 460 g/mol. The van der Waals surface area contributed by atoms with Gasteiger partial charge in [0.15, 0.2) is 0 Å². The maximum Gasteiger partial charge on any atom is 0.323 e. The molecule has 0 spiro atoms. The third-order valence-electron chi connectivity index (χ3n) is 5.95. The van der Waals surface area contributed by atoms with Crippen LogP contribution in [0.5, 0.6) is 11.5 Å². The molecule has 0 saturated carbocycles. The maximum absolute atomic E-state index is 11.6. The number of carbonyl (C=O) groups is 1. The summed E-state index contributed by atoms with van der Waals surface area (Å²) in [5.74, 6) is 0.700. The normalized spacial score (nSPS) is 10.9. The zero-order chi connectivity index (χ0) is 24.8. The lowest BCUT2D eigenvalue weighted by Crippen LogP contribution is -2.09. The molecule has 0 aliphatic rings. The first kappa shape index (κ1) is 24.5. The van der Waals surface area contributed by atoms with E-state index in [0.717, 1.165) is 75.1 Å². The molecule has 2 aromatic heterocycles. The second-order valence-electron chi connectivity index (χ2n) is 8.32. The number of ether oxygens (including phenoxy) is 2. The van der Waals surface area contributed by atoms with Crippen molar-refractivity contribution in [1.82, 2.24) is 9.55 Å². The van der Waals surface area contributed by atoms with E-state index in [1.807, 2.05) is 60.8 Å². The highest BCUT2D eigenvalue weighted by Gasteiger charge is 2.21. The summed E-state index contributed by atoms with van der Waals surface area (Å²) in [6.07, 6.45) is 6.08. The Morgan fingerprint density at radius 1 is 0.943 bits per heavy atom. The number of aryl methyl sites for hydroxylation is 1. The van der Waals surface area contributed by atoms with Crippen molar-refractivity contribution in [1.29, 1.82) is 0 Å². The molecule has 0 aliphatic carbocycles. The monoisotopic (exact) mass is 490 g/mol. The first-order valence-corrected chi connectivity index (χ1v) is 12.6. The van der Waals surface area contributed by atoms with Crippen LogP contribution in [0.3, 0.4) is 0 Å². The van der Waals surface area contributed by atoms with Gasteiger partial charge < -0.3 is 19.1 Å². The molecule has 0 aliphatic heterocycles. The molecule has 0 saturated heterocycles. The van der Waals surface area contributed by atoms with Gasteiger partial charge >= 0.3 is 5.97 Å². The second kappa shape index (κ2) is 11.2. The number of nitrogens with zero attached hydrogens (tertiary/aromatic N) is 2. The molecule has 0 radical (unpaired) electrons. The van der Waals surface area contributed by atoms with Gasteiger partial charge in [-0.05, 0) is 78.6 Å². The highest BCUT2D eigenvalue weighted by Crippen LogP contribution is 2.42. The minimum Gasteiger partial charge on any atom is -0.497 e. The van der Waals surface area contributed by atoms with Gasteiger partial charge in [-0.2, -0.15) is 0 Å². The number of benzene rings is 2. The molecule has 1 N–H and O–H groups in total. The fourth-order valence-electron chi connectivity index (χ4n) is 4.13. The summed E-state index contributed by atoms with van der Waals surface area (Å²) in [5, 5.41) is 10.3. The van der Waals surface area contributed by atoms with E-state index in [1.165, 1.54) is 0 Å². The topological polar surface area (TPSA) is 73.6 Å². The number of hydrogen-bond acceptors (Lipinski definition) is 5. The Labute approximate surface area is 209 Å². The Kier molecular flexibility index (Phi) is 7.87. The zero-order valence-electron chi connectivity index (χ0n) is 20.3. The van der Waals surface area contributed by atoms with Crippen LogP contribution in [-0.2, 0) is 17.8 Å². The molecule has 0 fully saturated rings. The highest BCUT2D eigenvalue weighted by molar-refractivity contribution is 7.19. The van der Waals surface area contributed by atoms with Crippen LogP contribution in [-0.4, -0.2) is 34.8 Å². The summed E-state index contributed by atoms with van der Waals surface area (Å²) in [6.45, 7) is 2.08. The van der Waals surface area contributed by atoms with Gasteiger partial charge in [-0.15, -0.1) is 11.3 Å². The molecule has 4 aromatic rings. The standard InChI is InChI=1S/C28H30N2O4S/c1-4-5-6-7-20-16-17-30(18-24(31)32)26(20)28-29-25(19-8-12-22(33-2)13-9-19)27(35-28)21-10-14-23(34-3)15-11-21/h8-17H,4-7,18H2,1-3H3,(H,31,32). The predicted octanol–water partition coefficient (Wildman–Crippen LogP) is 6.78. The van der Waals surface area contributed by atoms with Crippen LogP contribution in [0.1, 0.15) is 31.7 Å². The SMILES string of the molecule is CCCCCc1ccn(CC(=O)O)c1-c1nc(-c2ccc(OC)cc2)c(-c2ccc(OC)cc2)s1. The van der Waals surface area contributed by atoms with Crippen molar-refractivity contribution in [3.63, 3.8) is 0 Å². The van der Waals surface area contributed by atoms with E-state index in [2.05, 4.69) is 6.92 Å². The van der Waals surface area contributed by atoms with Crippen LogP contribution in [0.2, 0.25) is 0 Å². The third kappa shape index (κ3) is 5.57. The number of methoxy groups -OCH3 is 2. The number of carboxylic acids is 1. The van der Waals surface area contributed by atoms with Crippen molar-refractivity contribution >= 4 is 17.3 Å². The minimum absolute atomic E-state index is 0.0988. The van der Waals surface area contributed by atoms with Gasteiger partial charge in [0, 0.05) is 11.8 Å². The molecule has 0 amide bonds. The highest BCUT2D eigenvalue weighted by atomic mass is 32.1. The first-order chi connectivity index (χ1) is 17.0. The van der Waals surface area contributed by atoms with Crippen LogP contribution in [0.15, 0.2) is 60.8 Å². The van der Waals surface area contributed by atoms with E-state index in [1.54, 1.807) is 30.1 Å². The Morgan fingerprint density at radius 3 is 2.14 bits per heavy atom. The molecule has 182 valence electrons. The molecule has 2 heterocycles. The molecule has 0 unspecified atom stereocenters. The van der Waals surface area contributed by atoms with Crippen molar-refractivity contribution in [2.45, 2.75) is 39.2 Å². The van der Waals surface area contributed by atoms with Gasteiger partial charge in [0.05, 0.1) is 30.5 Å². The lowest BCUT2D eigenvalue weighted by Gasteiger charge is -2.07.